The summed E-state index contributed by atoms with van der Waals surface area (Å²) in [5.41, 5.74) is 2.38. The summed E-state index contributed by atoms with van der Waals surface area (Å²) in [5, 5.41) is 0.488. The van der Waals surface area contributed by atoms with Crippen molar-refractivity contribution >= 4 is 16.9 Å². The zero-order valence-corrected chi connectivity index (χ0v) is 12.7. The number of aryl methyl sites for hydroxylation is 1. The van der Waals surface area contributed by atoms with Gasteiger partial charge < -0.3 is 4.74 Å². The van der Waals surface area contributed by atoms with E-state index in [1.165, 1.54) is 10.9 Å². The van der Waals surface area contributed by atoms with Gasteiger partial charge in [0.1, 0.15) is 13.2 Å². The van der Waals surface area contributed by atoms with Crippen molar-refractivity contribution in [1.82, 2.24) is 9.55 Å². The first-order valence-corrected chi connectivity index (χ1v) is 7.29. The fraction of sp³-hybridized carbons (Fsp3) is 0.167. The van der Waals surface area contributed by atoms with E-state index in [1.807, 2.05) is 37.3 Å². The summed E-state index contributed by atoms with van der Waals surface area (Å²) in [7, 11) is 0. The monoisotopic (exact) mass is 308 g/mol. The molecule has 0 atom stereocenters. The molecule has 5 nitrogen and oxygen atoms in total. The maximum absolute atomic E-state index is 12.3. The van der Waals surface area contributed by atoms with E-state index in [9.17, 15) is 9.59 Å². The van der Waals surface area contributed by atoms with Crippen molar-refractivity contribution in [1.29, 1.82) is 0 Å². The number of carbonyl (C=O) groups is 1. The molecule has 0 bridgehead atoms. The summed E-state index contributed by atoms with van der Waals surface area (Å²) in [5.74, 6) is -0.465. The minimum Gasteiger partial charge on any atom is -0.459 e. The van der Waals surface area contributed by atoms with E-state index in [0.29, 0.717) is 10.9 Å². The van der Waals surface area contributed by atoms with Crippen LogP contribution < -0.4 is 5.56 Å². The first kappa shape index (κ1) is 15.0. The molecule has 116 valence electrons. The molecule has 3 rings (SSSR count). The number of aromatic nitrogens is 2. The summed E-state index contributed by atoms with van der Waals surface area (Å²) in [4.78, 5) is 28.5. The summed E-state index contributed by atoms with van der Waals surface area (Å²) >= 11 is 0. The Balaban J connectivity index is 1.72. The number of para-hydroxylation sites is 1. The van der Waals surface area contributed by atoms with Gasteiger partial charge in [0.15, 0.2) is 0 Å². The highest BCUT2D eigenvalue weighted by Crippen LogP contribution is 2.09. The van der Waals surface area contributed by atoms with Gasteiger partial charge in [-0.1, -0.05) is 36.4 Å². The number of carbonyl (C=O) groups excluding carboxylic acids is 1. The summed E-state index contributed by atoms with van der Waals surface area (Å²) in [6.07, 6.45) is 1.37. The Bertz CT molecular complexity index is 915. The third-order valence-corrected chi connectivity index (χ3v) is 3.68. The number of fused-ring (bicyclic) bond motifs is 1. The molecule has 0 aliphatic carbocycles. The van der Waals surface area contributed by atoms with E-state index >= 15 is 0 Å². The van der Waals surface area contributed by atoms with Crippen molar-refractivity contribution in [3.63, 3.8) is 0 Å². The molecule has 0 aliphatic rings. The molecule has 0 saturated heterocycles. The molecule has 3 aromatic rings. The van der Waals surface area contributed by atoms with Crippen molar-refractivity contribution in [3.05, 3.63) is 76.3 Å². The third-order valence-electron chi connectivity index (χ3n) is 3.68. The van der Waals surface area contributed by atoms with Crippen LogP contribution in [0.2, 0.25) is 0 Å². The number of ether oxygens (including phenoxy) is 1. The van der Waals surface area contributed by atoms with Gasteiger partial charge in [0, 0.05) is 0 Å². The maximum atomic E-state index is 12.3. The van der Waals surface area contributed by atoms with Gasteiger partial charge >= 0.3 is 5.97 Å². The second kappa shape index (κ2) is 6.44. The predicted molar refractivity (Wildman–Crippen MR) is 87.0 cm³/mol. The van der Waals surface area contributed by atoms with Gasteiger partial charge in [-0.05, 0) is 30.2 Å². The van der Waals surface area contributed by atoms with Gasteiger partial charge in [-0.15, -0.1) is 0 Å². The lowest BCUT2D eigenvalue weighted by molar-refractivity contribution is -0.145. The molecule has 0 spiro atoms. The van der Waals surface area contributed by atoms with Crippen LogP contribution in [0.1, 0.15) is 11.1 Å². The number of nitrogens with zero attached hydrogens (tertiary/aromatic N) is 2. The zero-order valence-electron chi connectivity index (χ0n) is 12.7. The molecular weight excluding hydrogens is 292 g/mol. The lowest BCUT2D eigenvalue weighted by atomic mass is 10.1. The molecule has 5 heteroatoms. The topological polar surface area (TPSA) is 61.2 Å². The molecule has 1 aromatic heterocycles. The number of hydrogen-bond acceptors (Lipinski definition) is 4. The van der Waals surface area contributed by atoms with Crippen LogP contribution in [0.3, 0.4) is 0 Å². The molecule has 0 fully saturated rings. The van der Waals surface area contributed by atoms with Gasteiger partial charge in [-0.2, -0.15) is 0 Å². The van der Waals surface area contributed by atoms with Crippen LogP contribution >= 0.6 is 0 Å². The van der Waals surface area contributed by atoms with E-state index in [-0.39, 0.29) is 18.7 Å². The number of esters is 1. The number of benzene rings is 2. The van der Waals surface area contributed by atoms with Gasteiger partial charge in [0.05, 0.1) is 17.2 Å². The lowest BCUT2D eigenvalue weighted by Gasteiger charge is -2.09. The van der Waals surface area contributed by atoms with E-state index in [1.54, 1.807) is 18.2 Å². The number of rotatable bonds is 4. The second-order valence-electron chi connectivity index (χ2n) is 5.28. The standard InChI is InChI=1S/C18H16N2O3/c1-13-6-2-3-7-14(13)11-23-17(21)10-20-12-19-16-9-5-4-8-15(16)18(20)22/h2-9,12H,10-11H2,1H3. The molecule has 0 saturated carbocycles. The van der Waals surface area contributed by atoms with Crippen molar-refractivity contribution in [2.24, 2.45) is 0 Å². The first-order chi connectivity index (χ1) is 11.1. The normalized spacial score (nSPS) is 10.7. The fourth-order valence-corrected chi connectivity index (χ4v) is 2.33. The molecule has 23 heavy (non-hydrogen) atoms. The molecular formula is C18H16N2O3. The van der Waals surface area contributed by atoms with Crippen LogP contribution in [0, 0.1) is 6.92 Å². The first-order valence-electron chi connectivity index (χ1n) is 7.29. The lowest BCUT2D eigenvalue weighted by Crippen LogP contribution is -2.25. The van der Waals surface area contributed by atoms with Crippen LogP contribution in [-0.4, -0.2) is 15.5 Å². The smallest absolute Gasteiger partial charge is 0.326 e. The highest BCUT2D eigenvalue weighted by atomic mass is 16.5. The maximum Gasteiger partial charge on any atom is 0.326 e. The molecule has 0 N–H and O–H groups in total. The van der Waals surface area contributed by atoms with Crippen molar-refractivity contribution < 1.29 is 9.53 Å². The van der Waals surface area contributed by atoms with Crippen molar-refractivity contribution in [2.75, 3.05) is 0 Å². The molecule has 0 amide bonds. The van der Waals surface area contributed by atoms with E-state index < -0.39 is 5.97 Å². The quantitative estimate of drug-likeness (QED) is 0.695. The van der Waals surface area contributed by atoms with Crippen LogP contribution in [0.15, 0.2) is 59.7 Å². The van der Waals surface area contributed by atoms with Gasteiger partial charge in [0.2, 0.25) is 0 Å². The Hall–Kier alpha value is -2.95. The highest BCUT2D eigenvalue weighted by Gasteiger charge is 2.09. The Labute approximate surface area is 133 Å². The Morgan fingerprint density at radius 1 is 1.13 bits per heavy atom. The van der Waals surface area contributed by atoms with Crippen LogP contribution in [0.25, 0.3) is 10.9 Å². The predicted octanol–water partition coefficient (Wildman–Crippen LogP) is 2.45. The fourth-order valence-electron chi connectivity index (χ4n) is 2.33. The SMILES string of the molecule is Cc1ccccc1COC(=O)Cn1cnc2ccccc2c1=O. The van der Waals surface area contributed by atoms with Crippen LogP contribution in [0.4, 0.5) is 0 Å². The Kier molecular flexibility index (Phi) is 4.19. The van der Waals surface area contributed by atoms with Gasteiger partial charge in [0.25, 0.3) is 5.56 Å². The zero-order chi connectivity index (χ0) is 16.2. The minimum absolute atomic E-state index is 0.150. The second-order valence-corrected chi connectivity index (χ2v) is 5.28. The minimum atomic E-state index is -0.465. The van der Waals surface area contributed by atoms with E-state index in [4.69, 9.17) is 4.74 Å². The largest absolute Gasteiger partial charge is 0.459 e. The summed E-state index contributed by atoms with van der Waals surface area (Å²) < 4.78 is 6.52. The van der Waals surface area contributed by atoms with Crippen molar-refractivity contribution in [3.8, 4) is 0 Å². The average Bonchev–Trinajstić information content (AvgIpc) is 2.57. The molecule has 1 heterocycles. The van der Waals surface area contributed by atoms with Gasteiger partial charge in [-0.25, -0.2) is 4.98 Å². The Morgan fingerprint density at radius 3 is 2.70 bits per heavy atom. The van der Waals surface area contributed by atoms with Crippen LogP contribution in [-0.2, 0) is 22.7 Å². The van der Waals surface area contributed by atoms with E-state index in [0.717, 1.165) is 11.1 Å². The number of hydrogen-bond donors (Lipinski definition) is 0. The molecule has 0 aliphatic heterocycles. The third kappa shape index (κ3) is 3.29. The van der Waals surface area contributed by atoms with Crippen LogP contribution in [0.5, 0.6) is 0 Å². The summed E-state index contributed by atoms with van der Waals surface area (Å²) in [6.45, 7) is 2.00. The van der Waals surface area contributed by atoms with Crippen molar-refractivity contribution in [2.45, 2.75) is 20.1 Å². The molecule has 0 radical (unpaired) electrons. The highest BCUT2D eigenvalue weighted by molar-refractivity contribution is 5.77. The summed E-state index contributed by atoms with van der Waals surface area (Å²) in [6, 6.07) is 14.7. The van der Waals surface area contributed by atoms with E-state index in [2.05, 4.69) is 4.98 Å². The molecule has 2 aromatic carbocycles. The molecule has 0 unspecified atom stereocenters. The van der Waals surface area contributed by atoms with Gasteiger partial charge in [-0.3, -0.25) is 14.2 Å². The Morgan fingerprint density at radius 2 is 1.87 bits per heavy atom. The average molecular weight is 308 g/mol.